The number of methoxy groups -OCH3 is 1. The third-order valence-electron chi connectivity index (χ3n) is 7.71. The van der Waals surface area contributed by atoms with Crippen LogP contribution in [0.3, 0.4) is 0 Å². The van der Waals surface area contributed by atoms with Crippen LogP contribution in [-0.4, -0.2) is 59.6 Å². The maximum Gasteiger partial charge on any atom is 0.416 e. The minimum atomic E-state index is -0.700. The fraction of sp³-hybridized carbons (Fsp3) is 0.342. The van der Waals surface area contributed by atoms with Crippen LogP contribution in [0.2, 0.25) is 0 Å². The van der Waals surface area contributed by atoms with Gasteiger partial charge in [-0.3, -0.25) is 19.3 Å². The molecule has 0 unspecified atom stereocenters. The molecular formula is C38H43N3O7. The van der Waals surface area contributed by atoms with E-state index in [4.69, 9.17) is 9.47 Å². The van der Waals surface area contributed by atoms with Crippen LogP contribution in [0.1, 0.15) is 63.5 Å². The predicted molar refractivity (Wildman–Crippen MR) is 185 cm³/mol. The lowest BCUT2D eigenvalue weighted by Gasteiger charge is -2.27. The van der Waals surface area contributed by atoms with Crippen molar-refractivity contribution in [3.63, 3.8) is 0 Å². The summed E-state index contributed by atoms with van der Waals surface area (Å²) in [6.07, 6.45) is 1.52. The highest BCUT2D eigenvalue weighted by atomic mass is 16.6. The number of esters is 1. The number of nitrogens with one attached hydrogen (secondary N) is 1. The number of pyridine rings is 1. The number of ether oxygens (including phenoxy) is 2. The fourth-order valence-corrected chi connectivity index (χ4v) is 5.27. The number of nitrogens with zero attached hydrogens (tertiary/aromatic N) is 2. The second-order valence-corrected chi connectivity index (χ2v) is 12.8. The molecule has 0 saturated heterocycles. The quantitative estimate of drug-likeness (QED) is 0.150. The molecule has 0 bridgehead atoms. The number of ketones is 1. The van der Waals surface area contributed by atoms with E-state index < -0.39 is 23.6 Å². The fourth-order valence-electron chi connectivity index (χ4n) is 5.27. The van der Waals surface area contributed by atoms with Gasteiger partial charge in [0.05, 0.1) is 20.1 Å². The zero-order chi connectivity index (χ0) is 34.8. The van der Waals surface area contributed by atoms with Crippen LogP contribution in [0, 0.1) is 6.92 Å². The number of carbonyl (C=O) groups is 4. The minimum absolute atomic E-state index is 0.0164. The summed E-state index contributed by atoms with van der Waals surface area (Å²) in [7, 11) is 1.31. The predicted octanol–water partition coefficient (Wildman–Crippen LogP) is 6.86. The van der Waals surface area contributed by atoms with Crippen LogP contribution in [0.15, 0.2) is 79.0 Å². The normalized spacial score (nSPS) is 11.9. The third kappa shape index (κ3) is 10.4. The number of rotatable bonds is 13. The molecule has 2 amide bonds. The average Bonchev–Trinajstić information content (AvgIpc) is 3.04. The van der Waals surface area contributed by atoms with Gasteiger partial charge in [0, 0.05) is 31.5 Å². The Balaban J connectivity index is 1.34. The summed E-state index contributed by atoms with van der Waals surface area (Å²) in [5, 5.41) is 14.3. The molecule has 0 radical (unpaired) electrons. The number of benzene rings is 3. The number of aromatic hydroxyl groups is 1. The number of fused-ring (bicyclic) bond motifs is 1. The summed E-state index contributed by atoms with van der Waals surface area (Å²) in [6, 6.07) is 22.5. The van der Waals surface area contributed by atoms with E-state index in [-0.39, 0.29) is 49.8 Å². The van der Waals surface area contributed by atoms with Crippen molar-refractivity contribution in [3.8, 4) is 16.9 Å². The van der Waals surface area contributed by atoms with Gasteiger partial charge in [0.2, 0.25) is 5.91 Å². The van der Waals surface area contributed by atoms with Gasteiger partial charge in [-0.05, 0) is 97.5 Å². The SMILES string of the molecule is COC(=O)C[C@H](CC(=O)CNC(=O)CCCN(C(=O)OC(C)(C)C)c1cc(C)ccn1)c1ccc(-c2ccc3cc(O)ccc3c2)cc1. The summed E-state index contributed by atoms with van der Waals surface area (Å²) in [4.78, 5) is 56.5. The van der Waals surface area contributed by atoms with E-state index in [0.29, 0.717) is 12.2 Å². The third-order valence-corrected chi connectivity index (χ3v) is 7.71. The molecule has 10 heteroatoms. The van der Waals surface area contributed by atoms with Gasteiger partial charge in [-0.15, -0.1) is 0 Å². The Bertz CT molecular complexity index is 1760. The maximum atomic E-state index is 13.0. The first-order valence-electron chi connectivity index (χ1n) is 15.9. The second-order valence-electron chi connectivity index (χ2n) is 12.8. The van der Waals surface area contributed by atoms with Crippen LogP contribution < -0.4 is 10.2 Å². The average molecular weight is 654 g/mol. The molecule has 252 valence electrons. The summed E-state index contributed by atoms with van der Waals surface area (Å²) < 4.78 is 10.4. The van der Waals surface area contributed by atoms with E-state index in [2.05, 4.69) is 10.3 Å². The van der Waals surface area contributed by atoms with Gasteiger partial charge in [0.25, 0.3) is 0 Å². The first-order chi connectivity index (χ1) is 22.8. The Morgan fingerprint density at radius 3 is 2.27 bits per heavy atom. The lowest BCUT2D eigenvalue weighted by molar-refractivity contribution is -0.141. The first-order valence-corrected chi connectivity index (χ1v) is 15.9. The van der Waals surface area contributed by atoms with E-state index in [1.807, 2.05) is 61.5 Å². The summed E-state index contributed by atoms with van der Waals surface area (Å²) in [5.74, 6) is -0.773. The molecule has 0 aliphatic carbocycles. The van der Waals surface area contributed by atoms with Crippen LogP contribution in [-0.2, 0) is 23.9 Å². The Kier molecular flexibility index (Phi) is 11.9. The van der Waals surface area contributed by atoms with Crippen molar-refractivity contribution in [2.24, 2.45) is 0 Å². The standard InChI is InChI=1S/C38H43N3O7/c1-25-16-17-39-34(19-25)41(37(46)48-38(2,3)4)18-6-7-35(44)40-24-33(43)22-31(23-36(45)47-5)27-10-8-26(9-11-27)28-12-13-30-21-32(42)15-14-29(30)20-28/h8-17,19-21,31,42H,6-7,18,22-24H2,1-5H3,(H,40,44)/t31-/m0/s1. The van der Waals surface area contributed by atoms with E-state index in [1.165, 1.54) is 12.0 Å². The summed E-state index contributed by atoms with van der Waals surface area (Å²) in [6.45, 7) is 7.25. The number of carbonyl (C=O) groups excluding carboxylic acids is 4. The van der Waals surface area contributed by atoms with Crippen molar-refractivity contribution in [2.45, 2.75) is 64.9 Å². The van der Waals surface area contributed by atoms with E-state index in [9.17, 15) is 24.3 Å². The molecule has 4 aromatic rings. The van der Waals surface area contributed by atoms with Crippen molar-refractivity contribution in [3.05, 3.63) is 90.1 Å². The molecule has 1 atom stereocenters. The van der Waals surface area contributed by atoms with Gasteiger partial charge in [0.1, 0.15) is 17.2 Å². The number of phenolic OH excluding ortho intramolecular Hbond substituents is 1. The van der Waals surface area contributed by atoms with E-state index in [0.717, 1.165) is 33.0 Å². The van der Waals surface area contributed by atoms with Gasteiger partial charge in [-0.2, -0.15) is 0 Å². The number of anilines is 1. The van der Waals surface area contributed by atoms with Crippen LogP contribution in [0.5, 0.6) is 5.75 Å². The van der Waals surface area contributed by atoms with Crippen LogP contribution >= 0.6 is 0 Å². The topological polar surface area (TPSA) is 135 Å². The van der Waals surface area contributed by atoms with Crippen molar-refractivity contribution < 1.29 is 33.8 Å². The molecule has 1 aromatic heterocycles. The van der Waals surface area contributed by atoms with Gasteiger partial charge in [-0.1, -0.05) is 42.5 Å². The molecule has 4 rings (SSSR count). The Hall–Kier alpha value is -5.25. The van der Waals surface area contributed by atoms with E-state index in [1.54, 1.807) is 45.2 Å². The van der Waals surface area contributed by atoms with Crippen LogP contribution in [0.4, 0.5) is 10.6 Å². The molecule has 0 spiro atoms. The number of phenols is 1. The number of Topliss-reactive ketones (excluding diaryl/α,β-unsaturated/α-hetero) is 1. The van der Waals surface area contributed by atoms with E-state index >= 15 is 0 Å². The van der Waals surface area contributed by atoms with Gasteiger partial charge in [-0.25, -0.2) is 9.78 Å². The molecule has 10 nitrogen and oxygen atoms in total. The molecule has 1 heterocycles. The number of hydrogen-bond acceptors (Lipinski definition) is 8. The zero-order valence-electron chi connectivity index (χ0n) is 28.1. The lowest BCUT2D eigenvalue weighted by Crippen LogP contribution is -2.38. The van der Waals surface area contributed by atoms with Crippen molar-refractivity contribution in [2.75, 3.05) is 25.1 Å². The molecule has 3 aromatic carbocycles. The molecule has 48 heavy (non-hydrogen) atoms. The maximum absolute atomic E-state index is 13.0. The van der Waals surface area contributed by atoms with Gasteiger partial charge in [0.15, 0.2) is 5.78 Å². The largest absolute Gasteiger partial charge is 0.508 e. The lowest BCUT2D eigenvalue weighted by atomic mass is 9.89. The highest BCUT2D eigenvalue weighted by Crippen LogP contribution is 2.30. The van der Waals surface area contributed by atoms with Gasteiger partial charge < -0.3 is 19.9 Å². The van der Waals surface area contributed by atoms with Crippen LogP contribution in [0.25, 0.3) is 21.9 Å². The monoisotopic (exact) mass is 653 g/mol. The summed E-state index contributed by atoms with van der Waals surface area (Å²) >= 11 is 0. The van der Waals surface area contributed by atoms with Gasteiger partial charge >= 0.3 is 12.1 Å². The van der Waals surface area contributed by atoms with Crippen molar-refractivity contribution in [1.82, 2.24) is 10.3 Å². The molecule has 0 aliphatic heterocycles. The molecule has 2 N–H and O–H groups in total. The highest BCUT2D eigenvalue weighted by Gasteiger charge is 2.25. The highest BCUT2D eigenvalue weighted by molar-refractivity contribution is 5.89. The Morgan fingerprint density at radius 1 is 0.896 bits per heavy atom. The number of hydrogen-bond donors (Lipinski definition) is 2. The smallest absolute Gasteiger partial charge is 0.416 e. The summed E-state index contributed by atoms with van der Waals surface area (Å²) in [5.41, 5.74) is 2.99. The number of aryl methyl sites for hydroxylation is 1. The Morgan fingerprint density at radius 2 is 1.58 bits per heavy atom. The molecule has 0 saturated carbocycles. The zero-order valence-corrected chi connectivity index (χ0v) is 28.1. The molecule has 0 fully saturated rings. The van der Waals surface area contributed by atoms with Crippen molar-refractivity contribution >= 4 is 40.3 Å². The van der Waals surface area contributed by atoms with Crippen molar-refractivity contribution in [1.29, 1.82) is 0 Å². The number of aromatic nitrogens is 1. The minimum Gasteiger partial charge on any atom is -0.508 e. The molecular weight excluding hydrogens is 610 g/mol. The first kappa shape index (κ1) is 35.6. The number of amides is 2. The Labute approximate surface area is 281 Å². The second kappa shape index (κ2) is 16.0. The molecule has 0 aliphatic rings.